The van der Waals surface area contributed by atoms with Gasteiger partial charge in [0.1, 0.15) is 17.8 Å². The van der Waals surface area contributed by atoms with E-state index in [0.29, 0.717) is 23.4 Å². The maximum atomic E-state index is 14.5. The fourth-order valence-electron chi connectivity index (χ4n) is 3.15. The van der Waals surface area contributed by atoms with Gasteiger partial charge in [-0.25, -0.2) is 4.39 Å². The molecule has 0 aliphatic heterocycles. The van der Waals surface area contributed by atoms with Crippen molar-refractivity contribution in [3.63, 3.8) is 0 Å². The first kappa shape index (κ1) is 17.7. The lowest BCUT2D eigenvalue weighted by Crippen LogP contribution is -2.72. The number of pyridine rings is 2. The molecule has 0 bridgehead atoms. The molecule has 0 amide bonds. The van der Waals surface area contributed by atoms with Gasteiger partial charge in [-0.15, -0.1) is 10.2 Å². The zero-order chi connectivity index (χ0) is 19.7. The summed E-state index contributed by atoms with van der Waals surface area (Å²) in [6.07, 6.45) is 6.51. The molecule has 28 heavy (non-hydrogen) atoms. The second-order valence-electron chi connectivity index (χ2n) is 6.38. The summed E-state index contributed by atoms with van der Waals surface area (Å²) in [4.78, 5) is 4.18. The quantitative estimate of drug-likeness (QED) is 0.462. The Morgan fingerprint density at radius 1 is 1.29 bits per heavy atom. The fourth-order valence-corrected chi connectivity index (χ4v) is 3.15. The van der Waals surface area contributed by atoms with Gasteiger partial charge in [-0.1, -0.05) is 6.07 Å². The van der Waals surface area contributed by atoms with Crippen molar-refractivity contribution in [2.75, 3.05) is 7.05 Å². The molecule has 4 rings (SSSR count). The molecule has 0 radical (unpaired) electrons. The Labute approximate surface area is 159 Å². The number of nitrogens with two attached hydrogens (primary N) is 1. The van der Waals surface area contributed by atoms with Crippen LogP contribution in [0.2, 0.25) is 0 Å². The van der Waals surface area contributed by atoms with Crippen LogP contribution in [-0.4, -0.2) is 38.0 Å². The lowest BCUT2D eigenvalue weighted by molar-refractivity contribution is -0.555. The predicted molar refractivity (Wildman–Crippen MR) is 104 cm³/mol. The molecule has 4 N–H and O–H groups in total. The van der Waals surface area contributed by atoms with Crippen molar-refractivity contribution in [2.45, 2.75) is 6.42 Å². The number of benzene rings is 1. The van der Waals surface area contributed by atoms with E-state index in [2.05, 4.69) is 15.2 Å². The van der Waals surface area contributed by atoms with Crippen LogP contribution in [0, 0.1) is 11.2 Å². The van der Waals surface area contributed by atoms with E-state index in [1.54, 1.807) is 28.2 Å². The van der Waals surface area contributed by atoms with Gasteiger partial charge in [0.05, 0.1) is 24.3 Å². The van der Waals surface area contributed by atoms with Crippen LogP contribution in [0.4, 0.5) is 4.39 Å². The minimum atomic E-state index is -0.493. The standard InChI is InChI=1S/C20H17FN6O/c1-23-9-15(8-22)14-7-17(21)20-26-25-19(27(20)11-14)5-12-2-3-18-13(4-12)6-16(28)10-24-18/h2-4,6-11,22-23,28H,5H2,1H3/p+1. The summed E-state index contributed by atoms with van der Waals surface area (Å²) in [5, 5.41) is 27.9. The first-order valence-electron chi connectivity index (χ1n) is 8.70. The van der Waals surface area contributed by atoms with E-state index in [1.807, 2.05) is 25.2 Å². The number of halogens is 1. The average Bonchev–Trinajstić information content (AvgIpc) is 3.09. The summed E-state index contributed by atoms with van der Waals surface area (Å²) in [5.74, 6) is 0.184. The molecule has 0 spiro atoms. The monoisotopic (exact) mass is 377 g/mol. The Bertz CT molecular complexity index is 1230. The Balaban J connectivity index is 1.77. The van der Waals surface area contributed by atoms with E-state index in [0.717, 1.165) is 16.5 Å². The third-order valence-corrected chi connectivity index (χ3v) is 4.46. The van der Waals surface area contributed by atoms with Gasteiger partial charge in [-0.3, -0.25) is 9.38 Å². The summed E-state index contributed by atoms with van der Waals surface area (Å²) < 4.78 is 16.1. The lowest BCUT2D eigenvalue weighted by atomic mass is 10.1. The van der Waals surface area contributed by atoms with Gasteiger partial charge >= 0.3 is 0 Å². The van der Waals surface area contributed by atoms with Crippen LogP contribution in [0.25, 0.3) is 22.1 Å². The van der Waals surface area contributed by atoms with Crippen LogP contribution in [-0.2, 0) is 6.42 Å². The topological polar surface area (TPSA) is 104 Å². The van der Waals surface area contributed by atoms with E-state index in [4.69, 9.17) is 5.41 Å². The fraction of sp³-hybridized carbons (Fsp3) is 0.100. The van der Waals surface area contributed by atoms with Crippen molar-refractivity contribution in [1.29, 1.82) is 5.41 Å². The molecule has 0 aliphatic rings. The van der Waals surface area contributed by atoms with Crippen LogP contribution in [0.3, 0.4) is 0 Å². The molecule has 140 valence electrons. The van der Waals surface area contributed by atoms with Gasteiger partial charge < -0.3 is 15.8 Å². The number of hydrogen-bond donors (Lipinski definition) is 3. The first-order valence-corrected chi connectivity index (χ1v) is 8.70. The van der Waals surface area contributed by atoms with Crippen molar-refractivity contribution in [2.24, 2.45) is 0 Å². The first-order chi connectivity index (χ1) is 13.6. The highest BCUT2D eigenvalue weighted by Gasteiger charge is 2.14. The summed E-state index contributed by atoms with van der Waals surface area (Å²) in [6, 6.07) is 8.71. The van der Waals surface area contributed by atoms with Crippen LogP contribution < -0.4 is 5.32 Å². The zero-order valence-electron chi connectivity index (χ0n) is 15.1. The molecule has 0 saturated heterocycles. The van der Waals surface area contributed by atoms with E-state index < -0.39 is 5.82 Å². The average molecular weight is 377 g/mol. The Morgan fingerprint density at radius 3 is 2.93 bits per heavy atom. The number of fused-ring (bicyclic) bond motifs is 2. The van der Waals surface area contributed by atoms with Crippen LogP contribution >= 0.6 is 0 Å². The number of nitrogens with zero attached hydrogens (tertiary/aromatic N) is 4. The third kappa shape index (κ3) is 3.21. The molecule has 0 atom stereocenters. The number of aromatic nitrogens is 4. The van der Waals surface area contributed by atoms with Crippen molar-refractivity contribution < 1.29 is 14.8 Å². The maximum Gasteiger partial charge on any atom is 0.196 e. The number of hydrogen-bond acceptors (Lipinski definition) is 5. The Kier molecular flexibility index (Phi) is 4.54. The van der Waals surface area contributed by atoms with Crippen molar-refractivity contribution in [3.05, 3.63) is 71.7 Å². The highest BCUT2D eigenvalue weighted by molar-refractivity contribution is 6.07. The van der Waals surface area contributed by atoms with Crippen molar-refractivity contribution in [3.8, 4) is 5.75 Å². The van der Waals surface area contributed by atoms with Gasteiger partial charge in [0.2, 0.25) is 0 Å². The van der Waals surface area contributed by atoms with E-state index >= 15 is 0 Å². The number of allylic oxidation sites excluding steroid dienone is 1. The Morgan fingerprint density at radius 2 is 2.14 bits per heavy atom. The van der Waals surface area contributed by atoms with Gasteiger partial charge in [0.25, 0.3) is 0 Å². The highest BCUT2D eigenvalue weighted by Crippen LogP contribution is 2.22. The molecule has 4 aromatic rings. The largest absolute Gasteiger partial charge is 0.506 e. The van der Waals surface area contributed by atoms with Crippen LogP contribution in [0.1, 0.15) is 17.0 Å². The maximum absolute atomic E-state index is 14.5. The normalized spacial score (nSPS) is 12.0. The van der Waals surface area contributed by atoms with Gasteiger partial charge in [0.15, 0.2) is 11.5 Å². The molecule has 0 saturated carbocycles. The molecule has 8 heteroatoms. The molecule has 7 nitrogen and oxygen atoms in total. The minimum Gasteiger partial charge on any atom is -0.506 e. The third-order valence-electron chi connectivity index (χ3n) is 4.46. The second kappa shape index (κ2) is 7.16. The van der Waals surface area contributed by atoms with Crippen LogP contribution in [0.15, 0.2) is 48.9 Å². The smallest absolute Gasteiger partial charge is 0.196 e. The second-order valence-corrected chi connectivity index (χ2v) is 6.38. The molecule has 3 aromatic heterocycles. The molecule has 0 unspecified atom stereocenters. The zero-order valence-corrected chi connectivity index (χ0v) is 15.1. The van der Waals surface area contributed by atoms with Crippen molar-refractivity contribution in [1.82, 2.24) is 19.6 Å². The summed E-state index contributed by atoms with van der Waals surface area (Å²) >= 11 is 0. The van der Waals surface area contributed by atoms with Gasteiger partial charge in [0, 0.05) is 29.8 Å². The number of quaternary nitrogens is 1. The summed E-state index contributed by atoms with van der Waals surface area (Å²) in [5.41, 5.74) is 3.02. The molecule has 0 aliphatic carbocycles. The predicted octanol–water partition coefficient (Wildman–Crippen LogP) is 1.90. The number of aromatic hydroxyl groups is 1. The number of nitrogens with one attached hydrogen (secondary N) is 1. The molecule has 3 heterocycles. The molecule has 0 fully saturated rings. The molecular formula is C20H18FN6O+. The molecular weight excluding hydrogens is 359 g/mol. The van der Waals surface area contributed by atoms with E-state index in [9.17, 15) is 9.50 Å². The summed E-state index contributed by atoms with van der Waals surface area (Å²) in [7, 11) is 1.84. The Hall–Kier alpha value is -3.65. The van der Waals surface area contributed by atoms with Gasteiger partial charge in [-0.2, -0.15) is 0 Å². The van der Waals surface area contributed by atoms with Crippen molar-refractivity contribution >= 4 is 28.3 Å². The minimum absolute atomic E-state index is 0.1000. The highest BCUT2D eigenvalue weighted by atomic mass is 19.1. The lowest BCUT2D eigenvalue weighted by Gasteiger charge is -2.06. The van der Waals surface area contributed by atoms with Gasteiger partial charge in [-0.05, 0) is 29.8 Å². The van der Waals surface area contributed by atoms with E-state index in [-0.39, 0.29) is 11.4 Å². The van der Waals surface area contributed by atoms with E-state index in [1.165, 1.54) is 18.5 Å². The number of rotatable bonds is 5. The summed E-state index contributed by atoms with van der Waals surface area (Å²) in [6.45, 7) is 0. The SMILES string of the molecule is C[NH2+]C=C(C=N)c1cc(F)c2nnc(Cc3ccc4ncc(O)cc4c3)n2c1. The molecule has 1 aromatic carbocycles. The van der Waals surface area contributed by atoms with Crippen LogP contribution in [0.5, 0.6) is 5.75 Å².